The van der Waals surface area contributed by atoms with E-state index in [1.54, 1.807) is 13.2 Å². The Morgan fingerprint density at radius 3 is 2.81 bits per heavy atom. The number of hydrogen-bond donors (Lipinski definition) is 2. The Bertz CT molecular complexity index is 877. The second-order valence-corrected chi connectivity index (χ2v) is 7.94. The molecule has 4 heteroatoms. The average Bonchev–Trinajstić information content (AvgIpc) is 3.29. The first-order chi connectivity index (χ1) is 12.7. The van der Waals surface area contributed by atoms with E-state index in [1.165, 1.54) is 30.4 Å². The molecule has 1 heterocycles. The molecule has 4 nitrogen and oxygen atoms in total. The van der Waals surface area contributed by atoms with Gasteiger partial charge in [0, 0.05) is 5.69 Å². The van der Waals surface area contributed by atoms with Crippen LogP contribution < -0.4 is 10.1 Å². The van der Waals surface area contributed by atoms with Crippen LogP contribution in [0.5, 0.6) is 5.75 Å². The summed E-state index contributed by atoms with van der Waals surface area (Å²) in [5.74, 6) is 2.43. The van der Waals surface area contributed by atoms with Crippen molar-refractivity contribution in [1.29, 1.82) is 0 Å². The summed E-state index contributed by atoms with van der Waals surface area (Å²) in [5.41, 5.74) is 3.96. The van der Waals surface area contributed by atoms with E-state index in [0.717, 1.165) is 17.4 Å². The predicted molar refractivity (Wildman–Crippen MR) is 99.8 cm³/mol. The third-order valence-electron chi connectivity index (χ3n) is 6.79. The number of carboxylic acids is 1. The van der Waals surface area contributed by atoms with Gasteiger partial charge in [-0.15, -0.1) is 0 Å². The number of ether oxygens (including phenoxy) is 1. The van der Waals surface area contributed by atoms with Gasteiger partial charge in [0.2, 0.25) is 0 Å². The lowest BCUT2D eigenvalue weighted by Crippen LogP contribution is -2.35. The van der Waals surface area contributed by atoms with Crippen molar-refractivity contribution in [2.75, 3.05) is 12.4 Å². The summed E-state index contributed by atoms with van der Waals surface area (Å²) in [6.07, 6.45) is 3.84. The zero-order valence-electron chi connectivity index (χ0n) is 14.8. The third-order valence-corrected chi connectivity index (χ3v) is 6.79. The molecule has 2 N–H and O–H groups in total. The summed E-state index contributed by atoms with van der Waals surface area (Å²) < 4.78 is 5.44. The number of benzene rings is 2. The molecule has 0 saturated heterocycles. The van der Waals surface area contributed by atoms with Gasteiger partial charge in [0.1, 0.15) is 5.75 Å². The lowest BCUT2D eigenvalue weighted by atomic mass is 9.68. The van der Waals surface area contributed by atoms with Gasteiger partial charge in [0.15, 0.2) is 0 Å². The fourth-order valence-electron chi connectivity index (χ4n) is 5.78. The molecule has 5 rings (SSSR count). The summed E-state index contributed by atoms with van der Waals surface area (Å²) in [4.78, 5) is 11.5. The van der Waals surface area contributed by atoms with Crippen molar-refractivity contribution in [3.63, 3.8) is 0 Å². The predicted octanol–water partition coefficient (Wildman–Crippen LogP) is 4.69. The molecule has 5 atom stereocenters. The number of fused-ring (bicyclic) bond motifs is 7. The van der Waals surface area contributed by atoms with Gasteiger partial charge in [-0.2, -0.15) is 0 Å². The number of anilines is 1. The van der Waals surface area contributed by atoms with E-state index in [2.05, 4.69) is 23.5 Å². The number of rotatable bonds is 3. The SMILES string of the molecule is COc1cccc([C@@H]2Nc3ccc(C(=O)O)cc3[C@H]3[C@H]4CC[C@@H](C4)[C@H]32)c1. The van der Waals surface area contributed by atoms with E-state index in [4.69, 9.17) is 4.74 Å². The maximum Gasteiger partial charge on any atom is 0.335 e. The maximum atomic E-state index is 11.5. The number of methoxy groups -OCH3 is 1. The average molecular weight is 349 g/mol. The fraction of sp³-hybridized carbons (Fsp3) is 0.409. The van der Waals surface area contributed by atoms with E-state index in [-0.39, 0.29) is 6.04 Å². The van der Waals surface area contributed by atoms with Crippen molar-refractivity contribution in [2.45, 2.75) is 31.2 Å². The highest BCUT2D eigenvalue weighted by molar-refractivity contribution is 5.88. The zero-order chi connectivity index (χ0) is 17.8. The van der Waals surface area contributed by atoms with Crippen LogP contribution in [0.25, 0.3) is 0 Å². The van der Waals surface area contributed by atoms with Crippen LogP contribution in [0.15, 0.2) is 42.5 Å². The van der Waals surface area contributed by atoms with Crippen molar-refractivity contribution in [3.8, 4) is 5.75 Å². The van der Waals surface area contributed by atoms with Crippen LogP contribution in [0.2, 0.25) is 0 Å². The quantitative estimate of drug-likeness (QED) is 0.844. The summed E-state index contributed by atoms with van der Waals surface area (Å²) in [6.45, 7) is 0. The Labute approximate surface area is 153 Å². The van der Waals surface area contributed by atoms with Crippen LogP contribution in [-0.4, -0.2) is 18.2 Å². The molecule has 26 heavy (non-hydrogen) atoms. The lowest BCUT2D eigenvalue weighted by molar-refractivity contribution is 0.0696. The van der Waals surface area contributed by atoms with Gasteiger partial charge >= 0.3 is 5.97 Å². The Morgan fingerprint density at radius 2 is 2.00 bits per heavy atom. The third kappa shape index (κ3) is 2.24. The molecular formula is C22H23NO3. The highest BCUT2D eigenvalue weighted by Gasteiger charge is 2.53. The summed E-state index contributed by atoms with van der Waals surface area (Å²) >= 11 is 0. The Balaban J connectivity index is 1.62. The summed E-state index contributed by atoms with van der Waals surface area (Å²) in [7, 11) is 1.70. The molecule has 0 amide bonds. The van der Waals surface area contributed by atoms with Crippen molar-refractivity contribution in [1.82, 2.24) is 0 Å². The van der Waals surface area contributed by atoms with E-state index in [9.17, 15) is 9.90 Å². The molecule has 2 aliphatic carbocycles. The van der Waals surface area contributed by atoms with Gasteiger partial charge in [-0.25, -0.2) is 4.79 Å². The van der Waals surface area contributed by atoms with E-state index in [0.29, 0.717) is 23.3 Å². The normalized spacial score (nSPS) is 31.0. The second kappa shape index (κ2) is 5.76. The molecule has 0 unspecified atom stereocenters. The number of carboxylic acid groups (broad SMARTS) is 1. The highest BCUT2D eigenvalue weighted by atomic mass is 16.5. The topological polar surface area (TPSA) is 58.6 Å². The number of aromatic carboxylic acids is 1. The summed E-state index contributed by atoms with van der Waals surface area (Å²) in [6, 6.07) is 14.2. The van der Waals surface area contributed by atoms with Crippen molar-refractivity contribution < 1.29 is 14.6 Å². The Morgan fingerprint density at radius 1 is 1.15 bits per heavy atom. The van der Waals surface area contributed by atoms with E-state index in [1.807, 2.05) is 18.2 Å². The Kier molecular flexibility index (Phi) is 3.49. The van der Waals surface area contributed by atoms with Crippen LogP contribution in [-0.2, 0) is 0 Å². The molecular weight excluding hydrogens is 326 g/mol. The zero-order valence-corrected chi connectivity index (χ0v) is 14.8. The van der Waals surface area contributed by atoms with Gasteiger partial charge < -0.3 is 15.2 Å². The van der Waals surface area contributed by atoms with E-state index >= 15 is 0 Å². The van der Waals surface area contributed by atoms with Crippen molar-refractivity contribution >= 4 is 11.7 Å². The molecule has 134 valence electrons. The molecule has 1 aliphatic heterocycles. The van der Waals surface area contributed by atoms with Crippen LogP contribution in [0, 0.1) is 17.8 Å². The highest BCUT2D eigenvalue weighted by Crippen LogP contribution is 2.63. The molecule has 0 aromatic heterocycles. The fourth-order valence-corrected chi connectivity index (χ4v) is 5.78. The summed E-state index contributed by atoms with van der Waals surface area (Å²) in [5, 5.41) is 13.2. The minimum absolute atomic E-state index is 0.258. The van der Waals surface area contributed by atoms with Crippen LogP contribution in [0.3, 0.4) is 0 Å². The van der Waals surface area contributed by atoms with Crippen LogP contribution in [0.4, 0.5) is 5.69 Å². The van der Waals surface area contributed by atoms with Crippen molar-refractivity contribution in [2.24, 2.45) is 17.8 Å². The van der Waals surface area contributed by atoms with Gasteiger partial charge in [0.25, 0.3) is 0 Å². The molecule has 2 bridgehead atoms. The monoisotopic (exact) mass is 349 g/mol. The maximum absolute atomic E-state index is 11.5. The standard InChI is InChI=1S/C22H23NO3/c1-26-16-4-2-3-14(10-16)21-20-13-6-5-12(9-13)19(20)17-11-15(22(24)25)7-8-18(17)23-21/h2-4,7-8,10-13,19-21,23H,5-6,9H2,1H3,(H,24,25)/t12-,13-,19+,20+,21-/m0/s1. The first-order valence-corrected chi connectivity index (χ1v) is 9.43. The molecule has 0 radical (unpaired) electrons. The van der Waals surface area contributed by atoms with Crippen LogP contribution >= 0.6 is 0 Å². The smallest absolute Gasteiger partial charge is 0.335 e. The molecule has 2 fully saturated rings. The second-order valence-electron chi connectivity index (χ2n) is 7.94. The molecule has 3 aliphatic rings. The van der Waals surface area contributed by atoms with Gasteiger partial charge in [0.05, 0.1) is 18.7 Å². The molecule has 0 spiro atoms. The number of nitrogens with one attached hydrogen (secondary N) is 1. The van der Waals surface area contributed by atoms with Crippen LogP contribution in [0.1, 0.15) is 52.7 Å². The number of hydrogen-bond acceptors (Lipinski definition) is 3. The first-order valence-electron chi connectivity index (χ1n) is 9.43. The van der Waals surface area contributed by atoms with Gasteiger partial charge in [-0.1, -0.05) is 12.1 Å². The molecule has 2 aromatic rings. The minimum Gasteiger partial charge on any atom is -0.497 e. The first kappa shape index (κ1) is 15.7. The Hall–Kier alpha value is -2.49. The molecule has 2 saturated carbocycles. The number of carbonyl (C=O) groups is 1. The van der Waals surface area contributed by atoms with Gasteiger partial charge in [-0.3, -0.25) is 0 Å². The van der Waals surface area contributed by atoms with E-state index < -0.39 is 5.97 Å². The largest absolute Gasteiger partial charge is 0.497 e. The van der Waals surface area contributed by atoms with Gasteiger partial charge in [-0.05, 0) is 84.4 Å². The lowest BCUT2D eigenvalue weighted by Gasteiger charge is -2.43. The van der Waals surface area contributed by atoms with Crippen molar-refractivity contribution in [3.05, 3.63) is 59.2 Å². The molecule has 2 aromatic carbocycles. The minimum atomic E-state index is -0.845.